The summed E-state index contributed by atoms with van der Waals surface area (Å²) in [7, 11) is 0. The van der Waals surface area contributed by atoms with E-state index in [0.717, 1.165) is 6.07 Å². The second-order valence-electron chi connectivity index (χ2n) is 4.84. The van der Waals surface area contributed by atoms with Gasteiger partial charge in [0.15, 0.2) is 6.61 Å². The van der Waals surface area contributed by atoms with E-state index < -0.39 is 16.6 Å². The number of amides is 1. The van der Waals surface area contributed by atoms with Gasteiger partial charge in [0.25, 0.3) is 11.6 Å². The molecule has 0 heterocycles. The molecule has 0 radical (unpaired) electrons. The van der Waals surface area contributed by atoms with Crippen molar-refractivity contribution in [3.63, 3.8) is 0 Å². The van der Waals surface area contributed by atoms with Gasteiger partial charge in [-0.05, 0) is 19.1 Å². The molecule has 0 aliphatic heterocycles. The molecule has 0 fully saturated rings. The van der Waals surface area contributed by atoms with Gasteiger partial charge in [-0.25, -0.2) is 9.82 Å². The number of benzene rings is 2. The molecule has 0 aromatic heterocycles. The monoisotopic (exact) mass is 331 g/mol. The molecule has 0 aliphatic rings. The number of nitro groups is 1. The van der Waals surface area contributed by atoms with E-state index in [4.69, 9.17) is 4.74 Å². The molecule has 0 unspecified atom stereocenters. The van der Waals surface area contributed by atoms with Crippen LogP contribution in [0.1, 0.15) is 11.1 Å². The van der Waals surface area contributed by atoms with Crippen LogP contribution < -0.4 is 10.2 Å². The summed E-state index contributed by atoms with van der Waals surface area (Å²) in [6, 6.07) is 9.99. The van der Waals surface area contributed by atoms with Crippen molar-refractivity contribution in [3.8, 4) is 5.75 Å². The average Bonchev–Trinajstić information content (AvgIpc) is 2.54. The van der Waals surface area contributed by atoms with Gasteiger partial charge in [0.2, 0.25) is 0 Å². The van der Waals surface area contributed by atoms with Gasteiger partial charge >= 0.3 is 0 Å². The first-order valence-electron chi connectivity index (χ1n) is 6.91. The summed E-state index contributed by atoms with van der Waals surface area (Å²) in [6.07, 6.45) is 1.28. The molecular formula is C16H14FN3O4. The lowest BCUT2D eigenvalue weighted by atomic mass is 10.1. The van der Waals surface area contributed by atoms with Gasteiger partial charge in [-0.3, -0.25) is 14.9 Å². The van der Waals surface area contributed by atoms with Crippen LogP contribution in [0.25, 0.3) is 0 Å². The third-order valence-corrected chi connectivity index (χ3v) is 3.00. The number of ether oxygens (including phenoxy) is 1. The number of hydrazone groups is 1. The average molecular weight is 331 g/mol. The normalized spacial score (nSPS) is 10.6. The van der Waals surface area contributed by atoms with Crippen molar-refractivity contribution in [1.29, 1.82) is 0 Å². The van der Waals surface area contributed by atoms with Crippen molar-refractivity contribution in [2.45, 2.75) is 6.92 Å². The zero-order chi connectivity index (χ0) is 17.5. The third kappa shape index (κ3) is 4.87. The van der Waals surface area contributed by atoms with Crippen molar-refractivity contribution in [2.24, 2.45) is 5.10 Å². The highest BCUT2D eigenvalue weighted by Gasteiger charge is 2.10. The quantitative estimate of drug-likeness (QED) is 0.500. The Morgan fingerprint density at radius 1 is 1.38 bits per heavy atom. The molecule has 1 N–H and O–H groups in total. The van der Waals surface area contributed by atoms with Crippen LogP contribution in [-0.4, -0.2) is 23.7 Å². The Bertz CT molecular complexity index is 793. The van der Waals surface area contributed by atoms with Crippen LogP contribution >= 0.6 is 0 Å². The molecule has 124 valence electrons. The first-order chi connectivity index (χ1) is 11.5. The maximum atomic E-state index is 12.9. The molecule has 0 atom stereocenters. The molecule has 0 saturated carbocycles. The Morgan fingerprint density at radius 3 is 2.88 bits per heavy atom. The molecule has 2 rings (SSSR count). The number of hydrogen-bond acceptors (Lipinski definition) is 5. The first kappa shape index (κ1) is 17.1. The zero-order valence-electron chi connectivity index (χ0n) is 12.7. The first-order valence-corrected chi connectivity index (χ1v) is 6.91. The molecule has 24 heavy (non-hydrogen) atoms. The van der Waals surface area contributed by atoms with Gasteiger partial charge in [-0.2, -0.15) is 5.10 Å². The number of carbonyl (C=O) groups excluding carboxylic acids is 1. The van der Waals surface area contributed by atoms with Gasteiger partial charge in [-0.15, -0.1) is 0 Å². The van der Waals surface area contributed by atoms with Gasteiger partial charge in [0.1, 0.15) is 11.6 Å². The lowest BCUT2D eigenvalue weighted by Gasteiger charge is -2.04. The fraction of sp³-hybridized carbons (Fsp3) is 0.125. The highest BCUT2D eigenvalue weighted by Crippen LogP contribution is 2.18. The van der Waals surface area contributed by atoms with Crippen LogP contribution in [-0.2, 0) is 4.79 Å². The maximum absolute atomic E-state index is 12.9. The lowest BCUT2D eigenvalue weighted by Crippen LogP contribution is -2.24. The van der Waals surface area contributed by atoms with Crippen LogP contribution in [0.3, 0.4) is 0 Å². The van der Waals surface area contributed by atoms with E-state index in [1.165, 1.54) is 30.5 Å². The Morgan fingerprint density at radius 2 is 2.17 bits per heavy atom. The molecule has 0 bridgehead atoms. The van der Waals surface area contributed by atoms with Crippen LogP contribution in [0.5, 0.6) is 5.75 Å². The number of nitro benzene ring substituents is 1. The summed E-state index contributed by atoms with van der Waals surface area (Å²) in [6.45, 7) is 1.29. The summed E-state index contributed by atoms with van der Waals surface area (Å²) in [5.74, 6) is -0.785. The van der Waals surface area contributed by atoms with Gasteiger partial charge < -0.3 is 4.74 Å². The van der Waals surface area contributed by atoms with Crippen LogP contribution in [0.2, 0.25) is 0 Å². The Kier molecular flexibility index (Phi) is 5.56. The van der Waals surface area contributed by atoms with Crippen molar-refractivity contribution in [1.82, 2.24) is 5.43 Å². The van der Waals surface area contributed by atoms with Crippen LogP contribution in [0, 0.1) is 22.9 Å². The minimum absolute atomic E-state index is 0.0280. The number of nitrogens with zero attached hydrogens (tertiary/aromatic N) is 2. The molecule has 0 saturated heterocycles. The van der Waals surface area contributed by atoms with Gasteiger partial charge in [0.05, 0.1) is 11.1 Å². The van der Waals surface area contributed by atoms with Crippen molar-refractivity contribution in [3.05, 3.63) is 69.5 Å². The van der Waals surface area contributed by atoms with Crippen molar-refractivity contribution in [2.75, 3.05) is 6.61 Å². The van der Waals surface area contributed by atoms with E-state index in [1.54, 1.807) is 19.1 Å². The Balaban J connectivity index is 1.88. The number of nitrogens with one attached hydrogen (secondary N) is 1. The smallest absolute Gasteiger partial charge is 0.277 e. The molecule has 0 spiro atoms. The van der Waals surface area contributed by atoms with E-state index in [0.29, 0.717) is 11.1 Å². The molecule has 8 heteroatoms. The fourth-order valence-corrected chi connectivity index (χ4v) is 1.82. The van der Waals surface area contributed by atoms with E-state index in [2.05, 4.69) is 10.5 Å². The summed E-state index contributed by atoms with van der Waals surface area (Å²) in [4.78, 5) is 21.9. The zero-order valence-corrected chi connectivity index (χ0v) is 12.7. The second kappa shape index (κ2) is 7.82. The van der Waals surface area contributed by atoms with E-state index in [9.17, 15) is 19.3 Å². The Hall–Kier alpha value is -3.29. The number of hydrogen-bond donors (Lipinski definition) is 1. The SMILES string of the molecule is Cc1ccc(/C=N\NC(=O)COc2cccc(F)c2)cc1[N+](=O)[O-]. The van der Waals surface area contributed by atoms with Crippen molar-refractivity contribution >= 4 is 17.8 Å². The van der Waals surface area contributed by atoms with E-state index in [-0.39, 0.29) is 18.0 Å². The van der Waals surface area contributed by atoms with Crippen LogP contribution in [0.4, 0.5) is 10.1 Å². The largest absolute Gasteiger partial charge is 0.484 e. The van der Waals surface area contributed by atoms with Crippen molar-refractivity contribution < 1.29 is 18.8 Å². The minimum atomic E-state index is -0.544. The standard InChI is InChI=1S/C16H14FN3O4/c1-11-5-6-12(7-15(11)20(22)23)9-18-19-16(21)10-24-14-4-2-3-13(17)8-14/h2-9H,10H2,1H3,(H,19,21)/b18-9-. The fourth-order valence-electron chi connectivity index (χ4n) is 1.82. The molecule has 2 aromatic rings. The lowest BCUT2D eigenvalue weighted by molar-refractivity contribution is -0.385. The number of halogens is 1. The van der Waals surface area contributed by atoms with E-state index in [1.807, 2.05) is 0 Å². The second-order valence-corrected chi connectivity index (χ2v) is 4.84. The summed E-state index contributed by atoms with van der Waals surface area (Å²) < 4.78 is 18.1. The topological polar surface area (TPSA) is 93.8 Å². The summed E-state index contributed by atoms with van der Waals surface area (Å²) >= 11 is 0. The molecule has 1 amide bonds. The van der Waals surface area contributed by atoms with Gasteiger partial charge in [0, 0.05) is 23.3 Å². The molecule has 2 aromatic carbocycles. The summed E-state index contributed by atoms with van der Waals surface area (Å²) in [5.41, 5.74) is 3.20. The number of aryl methyl sites for hydroxylation is 1. The third-order valence-electron chi connectivity index (χ3n) is 3.00. The predicted molar refractivity (Wildman–Crippen MR) is 85.5 cm³/mol. The van der Waals surface area contributed by atoms with Crippen LogP contribution in [0.15, 0.2) is 47.6 Å². The molecule has 0 aliphatic carbocycles. The van der Waals surface area contributed by atoms with Gasteiger partial charge in [-0.1, -0.05) is 18.2 Å². The number of carbonyl (C=O) groups is 1. The van der Waals surface area contributed by atoms with E-state index >= 15 is 0 Å². The maximum Gasteiger partial charge on any atom is 0.277 e. The highest BCUT2D eigenvalue weighted by molar-refractivity contribution is 5.83. The summed E-state index contributed by atoms with van der Waals surface area (Å²) in [5, 5.41) is 14.5. The molecular weight excluding hydrogens is 317 g/mol. The predicted octanol–water partition coefficient (Wildman–Crippen LogP) is 2.57. The number of rotatable bonds is 6. The Labute approximate surface area is 136 Å². The highest BCUT2D eigenvalue weighted by atomic mass is 19.1. The molecule has 7 nitrogen and oxygen atoms in total. The minimum Gasteiger partial charge on any atom is -0.484 e.